The Morgan fingerprint density at radius 1 is 1.06 bits per heavy atom. The fourth-order valence-corrected chi connectivity index (χ4v) is 3.42. The molecule has 168 valence electrons. The summed E-state index contributed by atoms with van der Waals surface area (Å²) in [5, 5.41) is 5.40. The third-order valence-corrected chi connectivity index (χ3v) is 5.28. The molecule has 9 heteroatoms. The predicted octanol–water partition coefficient (Wildman–Crippen LogP) is 1.96. The van der Waals surface area contributed by atoms with Crippen LogP contribution in [0.3, 0.4) is 0 Å². The minimum atomic E-state index is -0.707. The van der Waals surface area contributed by atoms with Crippen molar-refractivity contribution in [1.29, 1.82) is 0 Å². The number of carbonyl (C=O) groups excluding carboxylic acids is 3. The van der Waals surface area contributed by atoms with Crippen LogP contribution >= 0.6 is 0 Å². The van der Waals surface area contributed by atoms with Crippen LogP contribution in [0.2, 0.25) is 0 Å². The maximum Gasteiger partial charge on any atom is 0.325 e. The SMILES string of the molecule is COc1ccc(C(NC(=O)COC(=O)CNC(=O)c2ccc3c(c2)OCO3)C2CC2)cc1. The van der Waals surface area contributed by atoms with Crippen molar-refractivity contribution in [3.8, 4) is 17.2 Å². The second kappa shape index (κ2) is 9.59. The first-order valence-electron chi connectivity index (χ1n) is 10.3. The van der Waals surface area contributed by atoms with Gasteiger partial charge in [0.25, 0.3) is 11.8 Å². The molecule has 1 atom stereocenters. The van der Waals surface area contributed by atoms with Crippen molar-refractivity contribution < 1.29 is 33.3 Å². The van der Waals surface area contributed by atoms with Gasteiger partial charge in [0.1, 0.15) is 12.3 Å². The molecule has 32 heavy (non-hydrogen) atoms. The third kappa shape index (κ3) is 5.29. The summed E-state index contributed by atoms with van der Waals surface area (Å²) in [5.41, 5.74) is 1.30. The van der Waals surface area contributed by atoms with Crippen LogP contribution in [-0.4, -0.2) is 44.8 Å². The highest BCUT2D eigenvalue weighted by molar-refractivity contribution is 5.96. The van der Waals surface area contributed by atoms with E-state index < -0.39 is 24.4 Å². The van der Waals surface area contributed by atoms with Gasteiger partial charge in [-0.2, -0.15) is 0 Å². The molecule has 0 saturated heterocycles. The molecular weight excluding hydrogens is 416 g/mol. The molecule has 0 bridgehead atoms. The standard InChI is InChI=1S/C23H24N2O7/c1-29-17-7-4-15(5-8-17)22(14-2-3-14)25-20(26)12-30-21(27)11-24-23(28)16-6-9-18-19(10-16)32-13-31-18/h4-10,14,22H,2-3,11-13H2,1H3,(H,24,28)(H,25,26). The van der Waals surface area contributed by atoms with Gasteiger partial charge in [-0.3, -0.25) is 14.4 Å². The fourth-order valence-electron chi connectivity index (χ4n) is 3.42. The van der Waals surface area contributed by atoms with E-state index in [2.05, 4.69) is 10.6 Å². The number of carbonyl (C=O) groups is 3. The first-order chi connectivity index (χ1) is 15.5. The molecule has 0 aromatic heterocycles. The monoisotopic (exact) mass is 440 g/mol. The van der Waals surface area contributed by atoms with Crippen molar-refractivity contribution in [3.05, 3.63) is 53.6 Å². The Morgan fingerprint density at radius 2 is 1.81 bits per heavy atom. The Morgan fingerprint density at radius 3 is 2.53 bits per heavy atom. The molecule has 1 aliphatic carbocycles. The number of nitrogens with one attached hydrogen (secondary N) is 2. The Balaban J connectivity index is 1.22. The van der Waals surface area contributed by atoms with Crippen LogP contribution in [0.25, 0.3) is 0 Å². The Labute approximate surface area is 185 Å². The van der Waals surface area contributed by atoms with Gasteiger partial charge in [0, 0.05) is 5.56 Å². The van der Waals surface area contributed by atoms with Crippen molar-refractivity contribution in [3.63, 3.8) is 0 Å². The number of fused-ring (bicyclic) bond motifs is 1. The second-order valence-corrected chi connectivity index (χ2v) is 7.57. The third-order valence-electron chi connectivity index (χ3n) is 5.28. The highest BCUT2D eigenvalue weighted by atomic mass is 16.7. The number of rotatable bonds is 9. The van der Waals surface area contributed by atoms with Gasteiger partial charge in [0.2, 0.25) is 6.79 Å². The highest BCUT2D eigenvalue weighted by Crippen LogP contribution is 2.41. The number of ether oxygens (including phenoxy) is 4. The smallest absolute Gasteiger partial charge is 0.325 e. The van der Waals surface area contributed by atoms with E-state index in [9.17, 15) is 14.4 Å². The van der Waals surface area contributed by atoms with Gasteiger partial charge in [-0.1, -0.05) is 12.1 Å². The van der Waals surface area contributed by atoms with E-state index >= 15 is 0 Å². The van der Waals surface area contributed by atoms with Crippen molar-refractivity contribution in [2.24, 2.45) is 5.92 Å². The topological polar surface area (TPSA) is 112 Å². The molecule has 9 nitrogen and oxygen atoms in total. The van der Waals surface area contributed by atoms with Gasteiger partial charge >= 0.3 is 5.97 Å². The molecular formula is C23H24N2O7. The zero-order valence-corrected chi connectivity index (χ0v) is 17.6. The average Bonchev–Trinajstić information content (AvgIpc) is 3.55. The average molecular weight is 440 g/mol. The second-order valence-electron chi connectivity index (χ2n) is 7.57. The molecule has 1 fully saturated rings. The molecule has 1 saturated carbocycles. The number of hydrogen-bond acceptors (Lipinski definition) is 7. The summed E-state index contributed by atoms with van der Waals surface area (Å²) in [6, 6.07) is 12.1. The van der Waals surface area contributed by atoms with E-state index in [4.69, 9.17) is 18.9 Å². The van der Waals surface area contributed by atoms with Crippen molar-refractivity contribution in [2.75, 3.05) is 27.1 Å². The van der Waals surface area contributed by atoms with Gasteiger partial charge in [-0.05, 0) is 54.7 Å². The van der Waals surface area contributed by atoms with Crippen molar-refractivity contribution >= 4 is 17.8 Å². The Kier molecular flexibility index (Phi) is 6.44. The Bertz CT molecular complexity index is 1000. The number of esters is 1. The summed E-state index contributed by atoms with van der Waals surface area (Å²) in [5.74, 6) is 0.577. The van der Waals surface area contributed by atoms with E-state index in [0.717, 1.165) is 24.2 Å². The van der Waals surface area contributed by atoms with Crippen LogP contribution in [0.15, 0.2) is 42.5 Å². The van der Waals surface area contributed by atoms with E-state index in [1.54, 1.807) is 19.2 Å². The fraction of sp³-hybridized carbons (Fsp3) is 0.348. The molecule has 2 N–H and O–H groups in total. The van der Waals surface area contributed by atoms with E-state index in [-0.39, 0.29) is 19.4 Å². The first kappa shape index (κ1) is 21.5. The number of amides is 2. The molecule has 1 heterocycles. The summed E-state index contributed by atoms with van der Waals surface area (Å²) < 4.78 is 20.6. The summed E-state index contributed by atoms with van der Waals surface area (Å²) in [4.78, 5) is 36.5. The Hall–Kier alpha value is -3.75. The summed E-state index contributed by atoms with van der Waals surface area (Å²) in [6.45, 7) is -0.669. The zero-order valence-electron chi connectivity index (χ0n) is 17.6. The lowest BCUT2D eigenvalue weighted by molar-refractivity contribution is -0.147. The summed E-state index contributed by atoms with van der Waals surface area (Å²) in [6.07, 6.45) is 2.06. The van der Waals surface area contributed by atoms with Gasteiger partial charge in [-0.25, -0.2) is 0 Å². The lowest BCUT2D eigenvalue weighted by Gasteiger charge is -2.19. The van der Waals surface area contributed by atoms with Crippen LogP contribution in [0.5, 0.6) is 17.2 Å². The normalized spacial score (nSPS) is 14.9. The van der Waals surface area contributed by atoms with Gasteiger partial charge < -0.3 is 29.6 Å². The lowest BCUT2D eigenvalue weighted by atomic mass is 10.0. The van der Waals surface area contributed by atoms with Crippen LogP contribution < -0.4 is 24.8 Å². The van der Waals surface area contributed by atoms with Gasteiger partial charge in [0.05, 0.1) is 13.2 Å². The molecule has 1 unspecified atom stereocenters. The van der Waals surface area contributed by atoms with Crippen LogP contribution in [-0.2, 0) is 14.3 Å². The number of hydrogen-bond donors (Lipinski definition) is 2. The molecule has 2 aromatic rings. The molecule has 2 aliphatic rings. The molecule has 0 spiro atoms. The molecule has 2 aromatic carbocycles. The minimum Gasteiger partial charge on any atom is -0.497 e. The maximum atomic E-state index is 12.3. The number of benzene rings is 2. The van der Waals surface area contributed by atoms with Crippen molar-refractivity contribution in [1.82, 2.24) is 10.6 Å². The number of methoxy groups -OCH3 is 1. The summed E-state index contributed by atoms with van der Waals surface area (Å²) in [7, 11) is 1.60. The maximum absolute atomic E-state index is 12.3. The molecule has 0 radical (unpaired) electrons. The van der Waals surface area contributed by atoms with Gasteiger partial charge in [-0.15, -0.1) is 0 Å². The van der Waals surface area contributed by atoms with Crippen molar-refractivity contribution in [2.45, 2.75) is 18.9 Å². The highest BCUT2D eigenvalue weighted by Gasteiger charge is 2.33. The lowest BCUT2D eigenvalue weighted by Crippen LogP contribution is -2.36. The summed E-state index contributed by atoms with van der Waals surface area (Å²) >= 11 is 0. The van der Waals surface area contributed by atoms with E-state index in [0.29, 0.717) is 23.0 Å². The zero-order chi connectivity index (χ0) is 22.5. The molecule has 1 aliphatic heterocycles. The quantitative estimate of drug-likeness (QED) is 0.573. The molecule has 2 amide bonds. The van der Waals surface area contributed by atoms with Crippen LogP contribution in [0.4, 0.5) is 0 Å². The van der Waals surface area contributed by atoms with Gasteiger partial charge in [0.15, 0.2) is 18.1 Å². The van der Waals surface area contributed by atoms with E-state index in [1.165, 1.54) is 6.07 Å². The predicted molar refractivity (Wildman–Crippen MR) is 112 cm³/mol. The van der Waals surface area contributed by atoms with Crippen LogP contribution in [0.1, 0.15) is 34.8 Å². The van der Waals surface area contributed by atoms with Crippen LogP contribution in [0, 0.1) is 5.92 Å². The first-order valence-corrected chi connectivity index (χ1v) is 10.3. The molecule has 4 rings (SSSR count). The van der Waals surface area contributed by atoms with E-state index in [1.807, 2.05) is 24.3 Å². The minimum absolute atomic E-state index is 0.106. The largest absolute Gasteiger partial charge is 0.497 e.